The van der Waals surface area contributed by atoms with Gasteiger partial charge in [-0.25, -0.2) is 4.98 Å². The van der Waals surface area contributed by atoms with Crippen molar-refractivity contribution in [3.05, 3.63) is 36.3 Å². The summed E-state index contributed by atoms with van der Waals surface area (Å²) < 4.78 is 1.92. The Hall–Kier alpha value is -2.10. The van der Waals surface area contributed by atoms with Gasteiger partial charge in [0.2, 0.25) is 0 Å². The first-order valence-electron chi connectivity index (χ1n) is 6.30. The fourth-order valence-electron chi connectivity index (χ4n) is 2.41. The van der Waals surface area contributed by atoms with Crippen molar-refractivity contribution in [1.82, 2.24) is 19.7 Å². The molecule has 4 rings (SSSR count). The van der Waals surface area contributed by atoms with E-state index in [-0.39, 0.29) is 0 Å². The molecule has 0 bridgehead atoms. The quantitative estimate of drug-likeness (QED) is 0.746. The third-order valence-electron chi connectivity index (χ3n) is 3.55. The van der Waals surface area contributed by atoms with Gasteiger partial charge in [-0.15, -0.1) is 0 Å². The fraction of sp³-hybridized carbons (Fsp3) is 0.286. The molecule has 1 aromatic carbocycles. The molecule has 90 valence electrons. The summed E-state index contributed by atoms with van der Waals surface area (Å²) in [5.41, 5.74) is 2.24. The molecule has 1 N–H and O–H groups in total. The lowest BCUT2D eigenvalue weighted by Crippen LogP contribution is -1.96. The van der Waals surface area contributed by atoms with Crippen LogP contribution in [0.1, 0.15) is 24.6 Å². The standard InChI is InChI=1S/C14H14N4/c1-18-14(9-2-3-9)16-13(17-18)11-4-5-12-10(8-11)6-7-15-12/h4-9,15H,2-3H2,1H3. The van der Waals surface area contributed by atoms with Crippen molar-refractivity contribution in [3.63, 3.8) is 0 Å². The van der Waals surface area contributed by atoms with Gasteiger partial charge >= 0.3 is 0 Å². The Morgan fingerprint density at radius 1 is 1.28 bits per heavy atom. The number of nitrogens with zero attached hydrogens (tertiary/aromatic N) is 3. The van der Waals surface area contributed by atoms with Gasteiger partial charge < -0.3 is 4.98 Å². The molecule has 0 spiro atoms. The predicted molar refractivity (Wildman–Crippen MR) is 70.3 cm³/mol. The molecule has 1 saturated carbocycles. The number of hydrogen-bond donors (Lipinski definition) is 1. The van der Waals surface area contributed by atoms with E-state index in [1.807, 2.05) is 17.9 Å². The van der Waals surface area contributed by atoms with Gasteiger partial charge in [-0.05, 0) is 37.1 Å². The zero-order chi connectivity index (χ0) is 12.1. The van der Waals surface area contributed by atoms with Gasteiger partial charge in [0.25, 0.3) is 0 Å². The zero-order valence-electron chi connectivity index (χ0n) is 10.2. The lowest BCUT2D eigenvalue weighted by molar-refractivity contribution is 0.705. The number of aromatic nitrogens is 4. The summed E-state index contributed by atoms with van der Waals surface area (Å²) in [7, 11) is 1.99. The van der Waals surface area contributed by atoms with Crippen molar-refractivity contribution in [3.8, 4) is 11.4 Å². The van der Waals surface area contributed by atoms with Crippen LogP contribution in [0, 0.1) is 0 Å². The molecule has 1 aliphatic carbocycles. The van der Waals surface area contributed by atoms with E-state index in [0.717, 1.165) is 22.7 Å². The summed E-state index contributed by atoms with van der Waals surface area (Å²) in [4.78, 5) is 7.87. The third kappa shape index (κ3) is 1.45. The van der Waals surface area contributed by atoms with Crippen LogP contribution >= 0.6 is 0 Å². The number of aromatic amines is 1. The van der Waals surface area contributed by atoms with Crippen LogP contribution in [0.2, 0.25) is 0 Å². The highest BCUT2D eigenvalue weighted by atomic mass is 15.3. The zero-order valence-corrected chi connectivity index (χ0v) is 10.2. The molecule has 0 atom stereocenters. The number of benzene rings is 1. The molecule has 18 heavy (non-hydrogen) atoms. The number of rotatable bonds is 2. The van der Waals surface area contributed by atoms with E-state index >= 15 is 0 Å². The van der Waals surface area contributed by atoms with Gasteiger partial charge in [0.05, 0.1) is 0 Å². The number of fused-ring (bicyclic) bond motifs is 1. The van der Waals surface area contributed by atoms with E-state index in [0.29, 0.717) is 5.92 Å². The highest BCUT2D eigenvalue weighted by Gasteiger charge is 2.29. The molecule has 0 aliphatic heterocycles. The summed E-state index contributed by atoms with van der Waals surface area (Å²) in [6.45, 7) is 0. The van der Waals surface area contributed by atoms with Crippen LogP contribution < -0.4 is 0 Å². The van der Waals surface area contributed by atoms with Gasteiger partial charge in [0, 0.05) is 35.6 Å². The minimum absolute atomic E-state index is 0.632. The highest BCUT2D eigenvalue weighted by molar-refractivity contribution is 5.83. The maximum atomic E-state index is 4.67. The second-order valence-corrected chi connectivity index (χ2v) is 4.97. The van der Waals surface area contributed by atoms with E-state index in [2.05, 4.69) is 39.3 Å². The number of H-pyrrole nitrogens is 1. The smallest absolute Gasteiger partial charge is 0.181 e. The summed E-state index contributed by atoms with van der Waals surface area (Å²) in [6, 6.07) is 8.37. The van der Waals surface area contributed by atoms with E-state index in [1.54, 1.807) is 0 Å². The molecular formula is C14H14N4. The minimum atomic E-state index is 0.632. The molecule has 0 saturated heterocycles. The minimum Gasteiger partial charge on any atom is -0.361 e. The molecule has 1 aliphatic rings. The first-order chi connectivity index (χ1) is 8.81. The molecule has 2 heterocycles. The Labute approximate surface area is 105 Å². The lowest BCUT2D eigenvalue weighted by atomic mass is 10.1. The Bertz CT molecular complexity index is 718. The highest BCUT2D eigenvalue weighted by Crippen LogP contribution is 2.39. The Kier molecular flexibility index (Phi) is 1.89. The lowest BCUT2D eigenvalue weighted by Gasteiger charge is -1.95. The Morgan fingerprint density at radius 3 is 3.00 bits per heavy atom. The molecule has 3 aromatic rings. The van der Waals surface area contributed by atoms with Crippen molar-refractivity contribution in [2.45, 2.75) is 18.8 Å². The van der Waals surface area contributed by atoms with Crippen LogP contribution in [-0.4, -0.2) is 19.7 Å². The number of nitrogens with one attached hydrogen (secondary N) is 1. The van der Waals surface area contributed by atoms with Gasteiger partial charge in [-0.1, -0.05) is 0 Å². The van der Waals surface area contributed by atoms with Crippen LogP contribution in [0.25, 0.3) is 22.3 Å². The Balaban J connectivity index is 1.83. The summed E-state index contributed by atoms with van der Waals surface area (Å²) in [5, 5.41) is 5.73. The Morgan fingerprint density at radius 2 is 2.17 bits per heavy atom. The van der Waals surface area contributed by atoms with E-state index in [9.17, 15) is 0 Å². The van der Waals surface area contributed by atoms with Crippen molar-refractivity contribution in [2.24, 2.45) is 7.05 Å². The molecule has 4 heteroatoms. The van der Waals surface area contributed by atoms with E-state index in [4.69, 9.17) is 0 Å². The molecule has 4 nitrogen and oxygen atoms in total. The topological polar surface area (TPSA) is 46.5 Å². The van der Waals surface area contributed by atoms with Crippen LogP contribution in [0.3, 0.4) is 0 Å². The van der Waals surface area contributed by atoms with Crippen LogP contribution in [0.4, 0.5) is 0 Å². The molecule has 1 fully saturated rings. The van der Waals surface area contributed by atoms with Gasteiger partial charge in [-0.3, -0.25) is 4.68 Å². The molecule has 0 amide bonds. The first kappa shape index (κ1) is 9.88. The predicted octanol–water partition coefficient (Wildman–Crippen LogP) is 2.84. The largest absolute Gasteiger partial charge is 0.361 e. The van der Waals surface area contributed by atoms with Crippen LogP contribution in [0.5, 0.6) is 0 Å². The summed E-state index contributed by atoms with van der Waals surface area (Å²) in [6.07, 6.45) is 4.46. The summed E-state index contributed by atoms with van der Waals surface area (Å²) >= 11 is 0. The molecule has 2 aromatic heterocycles. The van der Waals surface area contributed by atoms with Crippen molar-refractivity contribution in [2.75, 3.05) is 0 Å². The second-order valence-electron chi connectivity index (χ2n) is 4.97. The average molecular weight is 238 g/mol. The third-order valence-corrected chi connectivity index (χ3v) is 3.55. The average Bonchev–Trinajstić information content (AvgIpc) is 2.98. The van der Waals surface area contributed by atoms with Gasteiger partial charge in [0.15, 0.2) is 5.82 Å². The van der Waals surface area contributed by atoms with Crippen molar-refractivity contribution in [1.29, 1.82) is 0 Å². The fourth-order valence-corrected chi connectivity index (χ4v) is 2.41. The van der Waals surface area contributed by atoms with Crippen LogP contribution in [-0.2, 0) is 7.05 Å². The maximum absolute atomic E-state index is 4.67. The molecule has 0 unspecified atom stereocenters. The van der Waals surface area contributed by atoms with Gasteiger partial charge in [-0.2, -0.15) is 5.10 Å². The maximum Gasteiger partial charge on any atom is 0.181 e. The first-order valence-corrected chi connectivity index (χ1v) is 6.30. The molecule has 0 radical (unpaired) electrons. The van der Waals surface area contributed by atoms with Crippen molar-refractivity contribution >= 4 is 10.9 Å². The van der Waals surface area contributed by atoms with Crippen molar-refractivity contribution < 1.29 is 0 Å². The monoisotopic (exact) mass is 238 g/mol. The second kappa shape index (κ2) is 3.45. The molecular weight excluding hydrogens is 224 g/mol. The SMILES string of the molecule is Cn1nc(-c2ccc3[nH]ccc3c2)nc1C1CC1. The van der Waals surface area contributed by atoms with E-state index < -0.39 is 0 Å². The number of hydrogen-bond acceptors (Lipinski definition) is 2. The summed E-state index contributed by atoms with van der Waals surface area (Å²) in [5.74, 6) is 2.59. The normalized spacial score (nSPS) is 15.4. The van der Waals surface area contributed by atoms with Crippen LogP contribution in [0.15, 0.2) is 30.5 Å². The number of aryl methyl sites for hydroxylation is 1. The van der Waals surface area contributed by atoms with Gasteiger partial charge in [0.1, 0.15) is 5.82 Å². The van der Waals surface area contributed by atoms with E-state index in [1.165, 1.54) is 18.2 Å².